The summed E-state index contributed by atoms with van der Waals surface area (Å²) in [5.41, 5.74) is 0. The summed E-state index contributed by atoms with van der Waals surface area (Å²) in [4.78, 5) is 4.34. The third kappa shape index (κ3) is 2.81. The van der Waals surface area contributed by atoms with Crippen molar-refractivity contribution in [2.45, 2.75) is 70.6 Å². The molecule has 3 unspecified atom stereocenters. The quantitative estimate of drug-likeness (QED) is 0.881. The van der Waals surface area contributed by atoms with Crippen molar-refractivity contribution in [2.75, 3.05) is 6.54 Å². The number of nitrogens with zero attached hydrogens (tertiary/aromatic N) is 1. The molecule has 3 atom stereocenters. The van der Waals surface area contributed by atoms with Crippen LogP contribution in [0.5, 0.6) is 0 Å². The van der Waals surface area contributed by atoms with Gasteiger partial charge in [0.25, 0.3) is 0 Å². The van der Waals surface area contributed by atoms with Gasteiger partial charge in [-0.2, -0.15) is 0 Å². The molecule has 2 aliphatic heterocycles. The molecule has 2 saturated heterocycles. The number of thiophene rings is 1. The van der Waals surface area contributed by atoms with Gasteiger partial charge in [-0.25, -0.2) is 0 Å². The van der Waals surface area contributed by atoms with E-state index in [-0.39, 0.29) is 0 Å². The Hall–Kier alpha value is -0.380. The zero-order valence-electron chi connectivity index (χ0n) is 13.0. The maximum absolute atomic E-state index is 3.78. The summed E-state index contributed by atoms with van der Waals surface area (Å²) in [7, 11) is 0. The molecule has 0 spiro atoms. The normalized spacial score (nSPS) is 31.1. The second-order valence-corrected chi connectivity index (χ2v) is 7.78. The van der Waals surface area contributed by atoms with Gasteiger partial charge >= 0.3 is 0 Å². The molecule has 2 aliphatic rings. The molecule has 0 amide bonds. The molecule has 3 heteroatoms. The Labute approximate surface area is 127 Å². The zero-order chi connectivity index (χ0) is 14.1. The molecule has 0 radical (unpaired) electrons. The summed E-state index contributed by atoms with van der Waals surface area (Å²) in [6.45, 7) is 8.27. The van der Waals surface area contributed by atoms with Crippen molar-refractivity contribution in [3.8, 4) is 0 Å². The van der Waals surface area contributed by atoms with E-state index < -0.39 is 0 Å². The van der Waals surface area contributed by atoms with Crippen LogP contribution in [0.15, 0.2) is 17.5 Å². The van der Waals surface area contributed by atoms with Crippen molar-refractivity contribution >= 4 is 11.3 Å². The van der Waals surface area contributed by atoms with Crippen LogP contribution in [0, 0.1) is 5.92 Å². The average Bonchev–Trinajstić information content (AvgIpc) is 3.05. The second kappa shape index (κ2) is 6.17. The Morgan fingerprint density at radius 1 is 1.30 bits per heavy atom. The van der Waals surface area contributed by atoms with E-state index in [1.54, 1.807) is 4.88 Å². The minimum atomic E-state index is 0.600. The largest absolute Gasteiger partial charge is 0.311 e. The van der Waals surface area contributed by atoms with Crippen LogP contribution in [0.1, 0.15) is 57.4 Å². The maximum Gasteiger partial charge on any atom is 0.0467 e. The van der Waals surface area contributed by atoms with Crippen molar-refractivity contribution in [3.05, 3.63) is 22.4 Å². The third-order valence-corrected chi connectivity index (χ3v) is 6.05. The third-order valence-electron chi connectivity index (χ3n) is 5.11. The highest BCUT2D eigenvalue weighted by Crippen LogP contribution is 2.38. The van der Waals surface area contributed by atoms with Crippen molar-refractivity contribution in [1.82, 2.24) is 10.2 Å². The molecule has 1 N–H and O–H groups in total. The van der Waals surface area contributed by atoms with Gasteiger partial charge in [-0.1, -0.05) is 26.8 Å². The lowest BCUT2D eigenvalue weighted by molar-refractivity contribution is 0.0767. The summed E-state index contributed by atoms with van der Waals surface area (Å²) >= 11 is 1.93. The van der Waals surface area contributed by atoms with Crippen LogP contribution < -0.4 is 5.32 Å². The smallest absolute Gasteiger partial charge is 0.0467 e. The van der Waals surface area contributed by atoms with E-state index >= 15 is 0 Å². The molecule has 2 nitrogen and oxygen atoms in total. The number of rotatable bonds is 5. The van der Waals surface area contributed by atoms with Crippen LogP contribution in [-0.2, 0) is 0 Å². The monoisotopic (exact) mass is 292 g/mol. The Balaban J connectivity index is 1.80. The minimum absolute atomic E-state index is 0.600. The summed E-state index contributed by atoms with van der Waals surface area (Å²) < 4.78 is 0. The van der Waals surface area contributed by atoms with E-state index in [1.807, 2.05) is 11.3 Å². The molecule has 3 rings (SSSR count). The highest BCUT2D eigenvalue weighted by atomic mass is 32.1. The highest BCUT2D eigenvalue weighted by Gasteiger charge is 2.38. The fourth-order valence-electron chi connectivity index (χ4n) is 4.31. The first-order chi connectivity index (χ1) is 9.69. The number of fused-ring (bicyclic) bond motifs is 2. The van der Waals surface area contributed by atoms with Gasteiger partial charge in [0.1, 0.15) is 0 Å². The number of piperidine rings is 1. The fourth-order valence-corrected chi connectivity index (χ4v) is 5.33. The second-order valence-electron chi connectivity index (χ2n) is 6.80. The molecular formula is C17H28N2S. The lowest BCUT2D eigenvalue weighted by Gasteiger charge is -2.43. The van der Waals surface area contributed by atoms with Crippen LogP contribution in [0.3, 0.4) is 0 Å². The van der Waals surface area contributed by atoms with Crippen molar-refractivity contribution in [3.63, 3.8) is 0 Å². The maximum atomic E-state index is 3.78. The molecule has 3 heterocycles. The van der Waals surface area contributed by atoms with Gasteiger partial charge in [0.15, 0.2) is 0 Å². The van der Waals surface area contributed by atoms with Gasteiger partial charge in [0.2, 0.25) is 0 Å². The Bertz CT molecular complexity index is 403. The van der Waals surface area contributed by atoms with E-state index in [0.717, 1.165) is 18.1 Å². The molecule has 0 aliphatic carbocycles. The van der Waals surface area contributed by atoms with Crippen LogP contribution in [-0.4, -0.2) is 29.6 Å². The van der Waals surface area contributed by atoms with Gasteiger partial charge in [-0.15, -0.1) is 11.3 Å². The lowest BCUT2D eigenvalue weighted by Crippen LogP contribution is -2.50. The van der Waals surface area contributed by atoms with Gasteiger partial charge in [0.05, 0.1) is 0 Å². The van der Waals surface area contributed by atoms with Gasteiger partial charge in [0, 0.05) is 29.0 Å². The first kappa shape index (κ1) is 14.6. The van der Waals surface area contributed by atoms with Gasteiger partial charge in [-0.05, 0) is 49.6 Å². The molecule has 2 bridgehead atoms. The van der Waals surface area contributed by atoms with E-state index in [0.29, 0.717) is 12.0 Å². The number of nitrogens with one attached hydrogen (secondary N) is 1. The van der Waals surface area contributed by atoms with Crippen molar-refractivity contribution in [1.29, 1.82) is 0 Å². The lowest BCUT2D eigenvalue weighted by atomic mass is 9.92. The van der Waals surface area contributed by atoms with E-state index in [2.05, 4.69) is 48.5 Å². The van der Waals surface area contributed by atoms with Gasteiger partial charge in [-0.3, -0.25) is 4.90 Å². The summed E-state index contributed by atoms with van der Waals surface area (Å²) in [6, 6.07) is 7.46. The summed E-state index contributed by atoms with van der Waals surface area (Å²) in [5.74, 6) is 0.682. The molecule has 0 aromatic carbocycles. The first-order valence-electron chi connectivity index (χ1n) is 8.24. The predicted octanol–water partition coefficient (Wildman–Crippen LogP) is 4.05. The van der Waals surface area contributed by atoms with Crippen LogP contribution >= 0.6 is 11.3 Å². The summed E-state index contributed by atoms with van der Waals surface area (Å²) in [5, 5.41) is 6.00. The van der Waals surface area contributed by atoms with Crippen LogP contribution in [0.4, 0.5) is 0 Å². The van der Waals surface area contributed by atoms with Crippen molar-refractivity contribution < 1.29 is 0 Å². The Morgan fingerprint density at radius 3 is 2.50 bits per heavy atom. The van der Waals surface area contributed by atoms with Gasteiger partial charge < -0.3 is 5.32 Å². The number of hydrogen-bond acceptors (Lipinski definition) is 3. The average molecular weight is 292 g/mol. The highest BCUT2D eigenvalue weighted by molar-refractivity contribution is 7.10. The first-order valence-corrected chi connectivity index (χ1v) is 9.12. The molecule has 1 aromatic rings. The molecule has 112 valence electrons. The molecule has 20 heavy (non-hydrogen) atoms. The van der Waals surface area contributed by atoms with Crippen molar-refractivity contribution in [2.24, 2.45) is 5.92 Å². The molecule has 1 aromatic heterocycles. The van der Waals surface area contributed by atoms with E-state index in [1.165, 1.54) is 32.2 Å². The standard InChI is InChI=1S/C17H28N2S/c1-4-19(15-10-13-7-8-14(11-15)18-13)17(12(2)3)16-6-5-9-20-16/h5-6,9,12-15,17-18H,4,7-8,10-11H2,1-3H3. The fraction of sp³-hybridized carbons (Fsp3) is 0.765. The van der Waals surface area contributed by atoms with E-state index in [9.17, 15) is 0 Å². The zero-order valence-corrected chi connectivity index (χ0v) is 13.8. The summed E-state index contributed by atoms with van der Waals surface area (Å²) in [6.07, 6.45) is 5.48. The van der Waals surface area contributed by atoms with Crippen LogP contribution in [0.25, 0.3) is 0 Å². The van der Waals surface area contributed by atoms with Crippen LogP contribution in [0.2, 0.25) is 0 Å². The minimum Gasteiger partial charge on any atom is -0.311 e. The van der Waals surface area contributed by atoms with E-state index in [4.69, 9.17) is 0 Å². The number of hydrogen-bond donors (Lipinski definition) is 1. The topological polar surface area (TPSA) is 15.3 Å². The predicted molar refractivity (Wildman–Crippen MR) is 87.2 cm³/mol. The Kier molecular flexibility index (Phi) is 4.49. The molecular weight excluding hydrogens is 264 g/mol. The molecule has 2 fully saturated rings. The Morgan fingerprint density at radius 2 is 2.00 bits per heavy atom. The SMILES string of the molecule is CCN(C1CC2CCC(C1)N2)C(c1cccs1)C(C)C. The molecule has 0 saturated carbocycles.